The predicted octanol–water partition coefficient (Wildman–Crippen LogP) is -0.146. The van der Waals surface area contributed by atoms with E-state index in [1.54, 1.807) is 13.8 Å². The van der Waals surface area contributed by atoms with E-state index in [0.717, 1.165) is 0 Å². The van der Waals surface area contributed by atoms with Crippen LogP contribution in [0.15, 0.2) is 9.59 Å². The minimum Gasteiger partial charge on any atom is -0.383 e. The number of nitrogens with two attached hydrogens (primary N) is 1. The SMILES string of the molecule is CCn1c(N)c(NC(C)C(=O)NC(C)(C)C)c(=O)[nH]c1=O. The molecule has 0 aliphatic carbocycles. The molecule has 0 saturated heterocycles. The number of rotatable bonds is 4. The van der Waals surface area contributed by atoms with Crippen LogP contribution in [0.1, 0.15) is 34.6 Å². The molecule has 8 nitrogen and oxygen atoms in total. The van der Waals surface area contributed by atoms with E-state index in [-0.39, 0.29) is 23.0 Å². The van der Waals surface area contributed by atoms with E-state index in [2.05, 4.69) is 15.6 Å². The summed E-state index contributed by atoms with van der Waals surface area (Å²) in [6, 6.07) is -0.671. The lowest BCUT2D eigenvalue weighted by atomic mass is 10.1. The number of hydrogen-bond donors (Lipinski definition) is 4. The Balaban J connectivity index is 3.06. The van der Waals surface area contributed by atoms with Crippen LogP contribution in [0.25, 0.3) is 0 Å². The van der Waals surface area contributed by atoms with Gasteiger partial charge in [-0.2, -0.15) is 0 Å². The predicted molar refractivity (Wildman–Crippen MR) is 82.4 cm³/mol. The van der Waals surface area contributed by atoms with Crippen molar-refractivity contribution in [3.05, 3.63) is 20.8 Å². The fraction of sp³-hybridized carbons (Fsp3) is 0.615. The number of nitrogens with one attached hydrogen (secondary N) is 3. The third-order valence-corrected chi connectivity index (χ3v) is 2.81. The van der Waals surface area contributed by atoms with E-state index < -0.39 is 17.3 Å². The Morgan fingerprint density at radius 2 is 1.95 bits per heavy atom. The van der Waals surface area contributed by atoms with Gasteiger partial charge in [-0.15, -0.1) is 0 Å². The molecule has 0 aliphatic heterocycles. The average molecular weight is 297 g/mol. The third-order valence-electron chi connectivity index (χ3n) is 2.81. The van der Waals surface area contributed by atoms with Crippen molar-refractivity contribution in [3.8, 4) is 0 Å². The maximum absolute atomic E-state index is 12.0. The molecule has 1 rings (SSSR count). The number of aromatic amines is 1. The lowest BCUT2D eigenvalue weighted by molar-refractivity contribution is -0.122. The maximum atomic E-state index is 12.0. The molecule has 21 heavy (non-hydrogen) atoms. The second-order valence-corrected chi connectivity index (χ2v) is 5.87. The number of aromatic nitrogens is 2. The summed E-state index contributed by atoms with van der Waals surface area (Å²) >= 11 is 0. The van der Waals surface area contributed by atoms with Crippen molar-refractivity contribution in [2.24, 2.45) is 0 Å². The summed E-state index contributed by atoms with van der Waals surface area (Å²) in [5.41, 5.74) is 4.25. The fourth-order valence-corrected chi connectivity index (χ4v) is 1.80. The van der Waals surface area contributed by atoms with Crippen LogP contribution in [0.5, 0.6) is 0 Å². The van der Waals surface area contributed by atoms with Gasteiger partial charge in [0.25, 0.3) is 5.56 Å². The van der Waals surface area contributed by atoms with Crippen LogP contribution >= 0.6 is 0 Å². The molecular formula is C13H23N5O3. The Labute approximate surface area is 122 Å². The van der Waals surface area contributed by atoms with E-state index in [9.17, 15) is 14.4 Å². The molecule has 0 fully saturated rings. The van der Waals surface area contributed by atoms with Gasteiger partial charge >= 0.3 is 5.69 Å². The first-order valence-electron chi connectivity index (χ1n) is 6.78. The monoisotopic (exact) mass is 297 g/mol. The van der Waals surface area contributed by atoms with E-state index in [1.807, 2.05) is 20.8 Å². The van der Waals surface area contributed by atoms with Crippen molar-refractivity contribution in [1.82, 2.24) is 14.9 Å². The molecule has 0 bridgehead atoms. The van der Waals surface area contributed by atoms with Crippen molar-refractivity contribution in [2.75, 3.05) is 11.1 Å². The van der Waals surface area contributed by atoms with E-state index in [0.29, 0.717) is 6.54 Å². The van der Waals surface area contributed by atoms with Gasteiger partial charge in [-0.05, 0) is 34.6 Å². The summed E-state index contributed by atoms with van der Waals surface area (Å²) in [5.74, 6) is -0.253. The van der Waals surface area contributed by atoms with Crippen molar-refractivity contribution in [1.29, 1.82) is 0 Å². The zero-order valence-corrected chi connectivity index (χ0v) is 13.0. The highest BCUT2D eigenvalue weighted by atomic mass is 16.2. The summed E-state index contributed by atoms with van der Waals surface area (Å²) in [7, 11) is 0. The molecule has 1 atom stereocenters. The first-order chi connectivity index (χ1) is 9.56. The normalized spacial score (nSPS) is 12.8. The Hall–Kier alpha value is -2.25. The number of nitrogens with zero attached hydrogens (tertiary/aromatic N) is 1. The smallest absolute Gasteiger partial charge is 0.330 e. The Kier molecular flexibility index (Phi) is 4.82. The molecule has 0 aliphatic rings. The summed E-state index contributed by atoms with van der Waals surface area (Å²) in [6.07, 6.45) is 0. The molecule has 0 radical (unpaired) electrons. The largest absolute Gasteiger partial charge is 0.383 e. The molecule has 118 valence electrons. The molecule has 0 saturated carbocycles. The van der Waals surface area contributed by atoms with Gasteiger partial charge in [0.2, 0.25) is 5.91 Å². The Morgan fingerprint density at radius 1 is 1.38 bits per heavy atom. The maximum Gasteiger partial charge on any atom is 0.330 e. The molecule has 1 amide bonds. The number of anilines is 2. The summed E-state index contributed by atoms with van der Waals surface area (Å²) < 4.78 is 1.22. The van der Waals surface area contributed by atoms with Gasteiger partial charge in [0.05, 0.1) is 0 Å². The number of nitrogen functional groups attached to an aromatic ring is 1. The molecule has 0 aromatic carbocycles. The molecular weight excluding hydrogens is 274 g/mol. The first kappa shape index (κ1) is 16.8. The van der Waals surface area contributed by atoms with Crippen LogP contribution in [0.4, 0.5) is 11.5 Å². The standard InChI is InChI=1S/C13H23N5O3/c1-6-18-9(14)8(11(20)16-12(18)21)15-7(2)10(19)17-13(3,4)5/h7,15H,6,14H2,1-5H3,(H,17,19)(H,16,20,21). The highest BCUT2D eigenvalue weighted by Crippen LogP contribution is 2.11. The Bertz CT molecular complexity index is 639. The van der Waals surface area contributed by atoms with Crippen LogP contribution in [0.2, 0.25) is 0 Å². The molecule has 1 heterocycles. The zero-order valence-electron chi connectivity index (χ0n) is 13.0. The number of hydrogen-bond acceptors (Lipinski definition) is 5. The van der Waals surface area contributed by atoms with Gasteiger partial charge in [-0.3, -0.25) is 19.1 Å². The lowest BCUT2D eigenvalue weighted by Crippen LogP contribution is -2.48. The number of carbonyl (C=O) groups is 1. The van der Waals surface area contributed by atoms with Crippen molar-refractivity contribution in [3.63, 3.8) is 0 Å². The van der Waals surface area contributed by atoms with Crippen LogP contribution in [0.3, 0.4) is 0 Å². The van der Waals surface area contributed by atoms with Crippen molar-refractivity contribution >= 4 is 17.4 Å². The van der Waals surface area contributed by atoms with Crippen molar-refractivity contribution in [2.45, 2.75) is 52.7 Å². The minimum atomic E-state index is -0.671. The number of H-pyrrole nitrogens is 1. The van der Waals surface area contributed by atoms with Gasteiger partial charge in [0, 0.05) is 12.1 Å². The quantitative estimate of drug-likeness (QED) is 0.616. The summed E-state index contributed by atoms with van der Waals surface area (Å²) in [4.78, 5) is 37.6. The molecule has 8 heteroatoms. The molecule has 1 unspecified atom stereocenters. The van der Waals surface area contributed by atoms with E-state index >= 15 is 0 Å². The fourth-order valence-electron chi connectivity index (χ4n) is 1.80. The lowest BCUT2D eigenvalue weighted by Gasteiger charge is -2.24. The topological polar surface area (TPSA) is 122 Å². The summed E-state index contributed by atoms with van der Waals surface area (Å²) in [6.45, 7) is 9.23. The molecule has 5 N–H and O–H groups in total. The zero-order chi connectivity index (χ0) is 16.4. The third kappa shape index (κ3) is 4.11. The van der Waals surface area contributed by atoms with Gasteiger partial charge in [0.15, 0.2) is 0 Å². The number of amides is 1. The average Bonchev–Trinajstić information content (AvgIpc) is 2.32. The van der Waals surface area contributed by atoms with Crippen LogP contribution < -0.4 is 27.6 Å². The number of carbonyl (C=O) groups excluding carboxylic acids is 1. The van der Waals surface area contributed by atoms with Crippen LogP contribution in [-0.4, -0.2) is 27.0 Å². The van der Waals surface area contributed by atoms with Gasteiger partial charge in [-0.1, -0.05) is 0 Å². The van der Waals surface area contributed by atoms with Crippen molar-refractivity contribution < 1.29 is 4.79 Å². The second kappa shape index (κ2) is 6.02. The van der Waals surface area contributed by atoms with Gasteiger partial charge in [0.1, 0.15) is 17.5 Å². The molecule has 0 spiro atoms. The molecule has 1 aromatic rings. The van der Waals surface area contributed by atoms with Crippen LogP contribution in [-0.2, 0) is 11.3 Å². The summed E-state index contributed by atoms with van der Waals surface area (Å²) in [5, 5.41) is 5.56. The van der Waals surface area contributed by atoms with Crippen LogP contribution in [0, 0.1) is 0 Å². The first-order valence-corrected chi connectivity index (χ1v) is 6.78. The van der Waals surface area contributed by atoms with Gasteiger partial charge < -0.3 is 16.4 Å². The minimum absolute atomic E-state index is 0.0154. The van der Waals surface area contributed by atoms with E-state index in [1.165, 1.54) is 4.57 Å². The second-order valence-electron chi connectivity index (χ2n) is 5.87. The highest BCUT2D eigenvalue weighted by molar-refractivity contribution is 5.85. The molecule has 1 aromatic heterocycles. The Morgan fingerprint density at radius 3 is 2.43 bits per heavy atom. The highest BCUT2D eigenvalue weighted by Gasteiger charge is 2.21. The van der Waals surface area contributed by atoms with Gasteiger partial charge in [-0.25, -0.2) is 4.79 Å². The van der Waals surface area contributed by atoms with E-state index in [4.69, 9.17) is 5.73 Å².